The lowest BCUT2D eigenvalue weighted by molar-refractivity contribution is 0.105. The predicted octanol–water partition coefficient (Wildman–Crippen LogP) is 2.25. The van der Waals surface area contributed by atoms with Gasteiger partial charge < -0.3 is 4.74 Å². The molecule has 3 heteroatoms. The molecule has 0 radical (unpaired) electrons. The van der Waals surface area contributed by atoms with Gasteiger partial charge in [-0.05, 0) is 25.5 Å². The highest BCUT2D eigenvalue weighted by molar-refractivity contribution is 5.88. The molecule has 2 unspecified atom stereocenters. The molecule has 0 saturated carbocycles. The number of nitrogens with zero attached hydrogens (tertiary/aromatic N) is 2. The third-order valence-electron chi connectivity index (χ3n) is 3.13. The minimum atomic E-state index is 0.132. The predicted molar refractivity (Wildman–Crippen MR) is 59.9 cm³/mol. The number of hydrazone groups is 1. The van der Waals surface area contributed by atoms with E-state index in [1.807, 2.05) is 23.2 Å². The van der Waals surface area contributed by atoms with Crippen LogP contribution >= 0.6 is 0 Å². The maximum Gasteiger partial charge on any atom is 0.158 e. The monoisotopic (exact) mass is 202 g/mol. The SMILES string of the molecule is CC1=NN(c2ccccc2)C2OCCC12. The van der Waals surface area contributed by atoms with Gasteiger partial charge in [-0.25, -0.2) is 5.01 Å². The summed E-state index contributed by atoms with van der Waals surface area (Å²) in [7, 11) is 0. The summed E-state index contributed by atoms with van der Waals surface area (Å²) in [6.45, 7) is 2.95. The van der Waals surface area contributed by atoms with Gasteiger partial charge in [0, 0.05) is 11.6 Å². The smallest absolute Gasteiger partial charge is 0.158 e. The van der Waals surface area contributed by atoms with E-state index in [0.717, 1.165) is 18.7 Å². The molecular formula is C12H14N2O. The molecular weight excluding hydrogens is 188 g/mol. The van der Waals surface area contributed by atoms with Crippen LogP contribution in [0, 0.1) is 5.92 Å². The molecule has 2 aliphatic heterocycles. The summed E-state index contributed by atoms with van der Waals surface area (Å²) in [5.74, 6) is 0.491. The fourth-order valence-corrected chi connectivity index (χ4v) is 2.32. The minimum Gasteiger partial charge on any atom is -0.356 e. The molecule has 2 atom stereocenters. The Labute approximate surface area is 89.3 Å². The molecule has 0 amide bonds. The van der Waals surface area contributed by atoms with Crippen LogP contribution in [0.25, 0.3) is 0 Å². The first-order chi connectivity index (χ1) is 7.36. The molecule has 1 fully saturated rings. The number of hydrogen-bond donors (Lipinski definition) is 0. The molecule has 78 valence electrons. The first kappa shape index (κ1) is 8.92. The summed E-state index contributed by atoms with van der Waals surface area (Å²) < 4.78 is 5.73. The van der Waals surface area contributed by atoms with Gasteiger partial charge in [-0.3, -0.25) is 0 Å². The van der Waals surface area contributed by atoms with Crippen LogP contribution in [0.3, 0.4) is 0 Å². The van der Waals surface area contributed by atoms with Crippen LogP contribution in [0.2, 0.25) is 0 Å². The van der Waals surface area contributed by atoms with E-state index in [1.165, 1.54) is 5.71 Å². The standard InChI is InChI=1S/C12H14N2O/c1-9-11-7-8-15-12(11)14(13-9)10-5-3-2-4-6-10/h2-6,11-12H,7-8H2,1H3. The van der Waals surface area contributed by atoms with Crippen molar-refractivity contribution >= 4 is 11.4 Å². The summed E-state index contributed by atoms with van der Waals surface area (Å²) in [5, 5.41) is 6.58. The lowest BCUT2D eigenvalue weighted by atomic mass is 10.0. The fraction of sp³-hybridized carbons (Fsp3) is 0.417. The van der Waals surface area contributed by atoms with Gasteiger partial charge in [-0.1, -0.05) is 18.2 Å². The zero-order valence-corrected chi connectivity index (χ0v) is 8.76. The molecule has 3 nitrogen and oxygen atoms in total. The van der Waals surface area contributed by atoms with Crippen LogP contribution < -0.4 is 5.01 Å². The van der Waals surface area contributed by atoms with Gasteiger partial charge in [0.25, 0.3) is 0 Å². The largest absolute Gasteiger partial charge is 0.356 e. The van der Waals surface area contributed by atoms with Crippen LogP contribution in [-0.4, -0.2) is 18.5 Å². The van der Waals surface area contributed by atoms with E-state index in [4.69, 9.17) is 4.74 Å². The second kappa shape index (κ2) is 3.35. The molecule has 2 aliphatic rings. The quantitative estimate of drug-likeness (QED) is 0.697. The van der Waals surface area contributed by atoms with Crippen molar-refractivity contribution in [3.05, 3.63) is 30.3 Å². The topological polar surface area (TPSA) is 24.8 Å². The minimum absolute atomic E-state index is 0.132. The second-order valence-corrected chi connectivity index (χ2v) is 4.08. The molecule has 0 spiro atoms. The van der Waals surface area contributed by atoms with Gasteiger partial charge in [0.15, 0.2) is 6.23 Å². The molecule has 15 heavy (non-hydrogen) atoms. The maximum absolute atomic E-state index is 5.73. The summed E-state index contributed by atoms with van der Waals surface area (Å²) in [6.07, 6.45) is 1.23. The summed E-state index contributed by atoms with van der Waals surface area (Å²) >= 11 is 0. The van der Waals surface area contributed by atoms with Crippen LogP contribution in [0.5, 0.6) is 0 Å². The first-order valence-electron chi connectivity index (χ1n) is 5.37. The third-order valence-corrected chi connectivity index (χ3v) is 3.13. The highest BCUT2D eigenvalue weighted by atomic mass is 16.5. The average molecular weight is 202 g/mol. The number of benzene rings is 1. The van der Waals surface area contributed by atoms with E-state index < -0.39 is 0 Å². The summed E-state index contributed by atoms with van der Waals surface area (Å²) in [5.41, 5.74) is 2.31. The van der Waals surface area contributed by atoms with Crippen molar-refractivity contribution in [3.8, 4) is 0 Å². The van der Waals surface area contributed by atoms with E-state index in [-0.39, 0.29) is 6.23 Å². The lowest BCUT2D eigenvalue weighted by Crippen LogP contribution is -2.30. The number of fused-ring (bicyclic) bond motifs is 1. The summed E-state index contributed by atoms with van der Waals surface area (Å²) in [4.78, 5) is 0. The van der Waals surface area contributed by atoms with Crippen LogP contribution in [-0.2, 0) is 4.74 Å². The first-order valence-corrected chi connectivity index (χ1v) is 5.37. The van der Waals surface area contributed by atoms with Crippen molar-refractivity contribution in [2.24, 2.45) is 11.0 Å². The number of rotatable bonds is 1. The van der Waals surface area contributed by atoms with E-state index >= 15 is 0 Å². The third kappa shape index (κ3) is 1.35. The highest BCUT2D eigenvalue weighted by Crippen LogP contribution is 2.34. The van der Waals surface area contributed by atoms with E-state index in [9.17, 15) is 0 Å². The fourth-order valence-electron chi connectivity index (χ4n) is 2.32. The van der Waals surface area contributed by atoms with Crippen molar-refractivity contribution in [2.75, 3.05) is 11.6 Å². The Bertz CT molecular complexity index is 388. The Hall–Kier alpha value is -1.35. The summed E-state index contributed by atoms with van der Waals surface area (Å²) in [6, 6.07) is 10.2. The van der Waals surface area contributed by atoms with E-state index in [2.05, 4.69) is 24.2 Å². The number of hydrogen-bond acceptors (Lipinski definition) is 3. The molecule has 1 aromatic rings. The Morgan fingerprint density at radius 3 is 2.93 bits per heavy atom. The molecule has 1 saturated heterocycles. The zero-order valence-electron chi connectivity index (χ0n) is 8.76. The van der Waals surface area contributed by atoms with Gasteiger partial charge in [-0.2, -0.15) is 5.10 Å². The molecule has 0 aromatic heterocycles. The lowest BCUT2D eigenvalue weighted by Gasteiger charge is -2.21. The molecule has 0 aliphatic carbocycles. The van der Waals surface area contributed by atoms with Gasteiger partial charge in [-0.15, -0.1) is 0 Å². The van der Waals surface area contributed by atoms with Gasteiger partial charge >= 0.3 is 0 Å². The molecule has 3 rings (SSSR count). The van der Waals surface area contributed by atoms with Crippen LogP contribution in [0.15, 0.2) is 35.4 Å². The van der Waals surface area contributed by atoms with Gasteiger partial charge in [0.2, 0.25) is 0 Å². The normalized spacial score (nSPS) is 29.1. The molecule has 1 aromatic carbocycles. The Balaban J connectivity index is 1.95. The van der Waals surface area contributed by atoms with Crippen molar-refractivity contribution in [1.82, 2.24) is 0 Å². The van der Waals surface area contributed by atoms with Crippen molar-refractivity contribution in [2.45, 2.75) is 19.6 Å². The zero-order chi connectivity index (χ0) is 10.3. The van der Waals surface area contributed by atoms with Crippen molar-refractivity contribution in [1.29, 1.82) is 0 Å². The number of para-hydroxylation sites is 1. The van der Waals surface area contributed by atoms with E-state index in [1.54, 1.807) is 0 Å². The van der Waals surface area contributed by atoms with Crippen LogP contribution in [0.4, 0.5) is 5.69 Å². The maximum atomic E-state index is 5.73. The van der Waals surface area contributed by atoms with Gasteiger partial charge in [0.1, 0.15) is 0 Å². The Morgan fingerprint density at radius 1 is 1.33 bits per heavy atom. The number of ether oxygens (including phenoxy) is 1. The van der Waals surface area contributed by atoms with Crippen LogP contribution in [0.1, 0.15) is 13.3 Å². The van der Waals surface area contributed by atoms with Crippen molar-refractivity contribution in [3.63, 3.8) is 0 Å². The van der Waals surface area contributed by atoms with Gasteiger partial charge in [0.05, 0.1) is 12.3 Å². The Kier molecular flexibility index (Phi) is 1.99. The Morgan fingerprint density at radius 2 is 2.13 bits per heavy atom. The number of anilines is 1. The second-order valence-electron chi connectivity index (χ2n) is 4.08. The van der Waals surface area contributed by atoms with Crippen molar-refractivity contribution < 1.29 is 4.74 Å². The van der Waals surface area contributed by atoms with E-state index in [0.29, 0.717) is 5.92 Å². The average Bonchev–Trinajstić information content (AvgIpc) is 2.84. The highest BCUT2D eigenvalue weighted by Gasteiger charge is 2.40. The molecule has 0 N–H and O–H groups in total. The molecule has 0 bridgehead atoms. The molecule has 2 heterocycles.